The van der Waals surface area contributed by atoms with Gasteiger partial charge in [-0.2, -0.15) is 0 Å². The highest BCUT2D eigenvalue weighted by Gasteiger charge is 2.21. The summed E-state index contributed by atoms with van der Waals surface area (Å²) in [5.74, 6) is 0.950. The molecule has 0 unspecified atom stereocenters. The first-order chi connectivity index (χ1) is 8.72. The second kappa shape index (κ2) is 6.27. The Labute approximate surface area is 110 Å². The predicted octanol–water partition coefficient (Wildman–Crippen LogP) is 2.67. The zero-order valence-corrected chi connectivity index (χ0v) is 10.8. The van der Waals surface area contributed by atoms with Crippen molar-refractivity contribution in [3.63, 3.8) is 0 Å². The molecular weight excluding hydrogens is 260 g/mol. The second-order valence-electron chi connectivity index (χ2n) is 4.36. The van der Waals surface area contributed by atoms with Gasteiger partial charge in [-0.3, -0.25) is 0 Å². The summed E-state index contributed by atoms with van der Waals surface area (Å²) in [6.07, 6.45) is 3.03. The van der Waals surface area contributed by atoms with Gasteiger partial charge in [0, 0.05) is 23.7 Å². The summed E-state index contributed by atoms with van der Waals surface area (Å²) in [7, 11) is 0. The van der Waals surface area contributed by atoms with E-state index in [0.29, 0.717) is 18.2 Å². The molecule has 0 amide bonds. The van der Waals surface area contributed by atoms with Gasteiger partial charge in [0.25, 0.3) is 6.43 Å². The van der Waals surface area contributed by atoms with Gasteiger partial charge in [-0.15, -0.1) is 11.6 Å². The maximum atomic E-state index is 12.6. The zero-order valence-electron chi connectivity index (χ0n) is 10.1. The van der Waals surface area contributed by atoms with Crippen molar-refractivity contribution in [2.24, 2.45) is 0 Å². The average Bonchev–Trinajstić information content (AvgIpc) is 2.37. The van der Waals surface area contributed by atoms with Crippen LogP contribution in [0.25, 0.3) is 0 Å². The van der Waals surface area contributed by atoms with Crippen LogP contribution in [-0.4, -0.2) is 35.4 Å². The fraction of sp³-hybridized carbons (Fsp3) is 0.667. The molecule has 0 spiro atoms. The average molecular weight is 276 g/mol. The summed E-state index contributed by atoms with van der Waals surface area (Å²) in [6.45, 7) is 0.0610. The van der Waals surface area contributed by atoms with Crippen LogP contribution in [0, 0.1) is 0 Å². The molecule has 1 aromatic heterocycles. The Morgan fingerprint density at radius 1 is 1.28 bits per heavy atom. The molecule has 0 atom stereocenters. The lowest BCUT2D eigenvalue weighted by atomic mass is 9.96. The minimum absolute atomic E-state index is 0.311. The van der Waals surface area contributed by atoms with Crippen LogP contribution in [0.3, 0.4) is 0 Å². The molecule has 1 aliphatic carbocycles. The minimum atomic E-state index is -2.39. The smallest absolute Gasteiger partial charge is 0.255 e. The number of hydrogen-bond donors (Lipinski definition) is 0. The molecule has 0 fully saturated rings. The normalized spacial score (nSPS) is 14.7. The monoisotopic (exact) mass is 275 g/mol. The molecule has 1 aromatic rings. The summed E-state index contributed by atoms with van der Waals surface area (Å²) < 4.78 is 25.2. The molecule has 3 nitrogen and oxygen atoms in total. The van der Waals surface area contributed by atoms with Gasteiger partial charge in [-0.1, -0.05) is 0 Å². The summed E-state index contributed by atoms with van der Waals surface area (Å²) in [5.41, 5.74) is 2.02. The summed E-state index contributed by atoms with van der Waals surface area (Å²) in [6, 6.07) is 0. The van der Waals surface area contributed by atoms with Crippen molar-refractivity contribution in [2.45, 2.75) is 32.1 Å². The first kappa shape index (κ1) is 13.5. The highest BCUT2D eigenvalue weighted by molar-refractivity contribution is 6.18. The molecule has 18 heavy (non-hydrogen) atoms. The molecule has 1 aliphatic rings. The number of halogens is 3. The van der Waals surface area contributed by atoms with Gasteiger partial charge in [-0.25, -0.2) is 18.7 Å². The van der Waals surface area contributed by atoms with E-state index < -0.39 is 6.43 Å². The van der Waals surface area contributed by atoms with Gasteiger partial charge in [0.2, 0.25) is 0 Å². The van der Waals surface area contributed by atoms with E-state index in [1.165, 1.54) is 6.33 Å². The van der Waals surface area contributed by atoms with Crippen molar-refractivity contribution in [1.82, 2.24) is 9.97 Å². The van der Waals surface area contributed by atoms with E-state index in [9.17, 15) is 8.78 Å². The van der Waals surface area contributed by atoms with Crippen molar-refractivity contribution in [1.29, 1.82) is 0 Å². The number of hydrogen-bond acceptors (Lipinski definition) is 3. The van der Waals surface area contributed by atoms with E-state index in [4.69, 9.17) is 11.6 Å². The van der Waals surface area contributed by atoms with Crippen molar-refractivity contribution in [3.05, 3.63) is 17.6 Å². The molecule has 100 valence electrons. The largest absolute Gasteiger partial charge is 0.349 e. The Hall–Kier alpha value is -0.970. The van der Waals surface area contributed by atoms with Crippen LogP contribution in [0.2, 0.25) is 0 Å². The standard InChI is InChI=1S/C12H16ClF2N3/c13-5-6-18(7-11(14)15)12-9-3-1-2-4-10(9)16-8-17-12/h8,11H,1-7H2. The number of fused-ring (bicyclic) bond motifs is 1. The molecule has 0 aromatic carbocycles. The lowest BCUT2D eigenvalue weighted by molar-refractivity contribution is 0.155. The molecule has 0 bridgehead atoms. The van der Waals surface area contributed by atoms with Gasteiger partial charge in [0.1, 0.15) is 12.1 Å². The number of rotatable bonds is 5. The second-order valence-corrected chi connectivity index (χ2v) is 4.73. The van der Waals surface area contributed by atoms with Crippen molar-refractivity contribution in [3.8, 4) is 0 Å². The molecule has 0 radical (unpaired) electrons. The number of alkyl halides is 3. The first-order valence-electron chi connectivity index (χ1n) is 6.14. The summed E-state index contributed by atoms with van der Waals surface area (Å²) >= 11 is 5.68. The third kappa shape index (κ3) is 3.07. The fourth-order valence-electron chi connectivity index (χ4n) is 2.33. The lowest BCUT2D eigenvalue weighted by Crippen LogP contribution is -2.33. The van der Waals surface area contributed by atoms with Crippen LogP contribution in [0.1, 0.15) is 24.1 Å². The van der Waals surface area contributed by atoms with Crippen LogP contribution in [0.4, 0.5) is 14.6 Å². The van der Waals surface area contributed by atoms with Crippen LogP contribution in [0.15, 0.2) is 6.33 Å². The first-order valence-corrected chi connectivity index (χ1v) is 6.67. The molecular formula is C12H16ClF2N3. The number of nitrogens with zero attached hydrogens (tertiary/aromatic N) is 3. The van der Waals surface area contributed by atoms with Crippen molar-refractivity contribution >= 4 is 17.4 Å². The SMILES string of the molecule is FC(F)CN(CCCl)c1ncnc2c1CCCC2. The van der Waals surface area contributed by atoms with Gasteiger partial charge >= 0.3 is 0 Å². The van der Waals surface area contributed by atoms with Crippen molar-refractivity contribution in [2.75, 3.05) is 23.9 Å². The van der Waals surface area contributed by atoms with E-state index in [1.54, 1.807) is 4.90 Å². The number of aryl methyl sites for hydroxylation is 1. The van der Waals surface area contributed by atoms with Crippen LogP contribution >= 0.6 is 11.6 Å². The third-order valence-corrected chi connectivity index (χ3v) is 3.28. The van der Waals surface area contributed by atoms with Gasteiger partial charge in [0.05, 0.1) is 6.54 Å². The van der Waals surface area contributed by atoms with Crippen LogP contribution < -0.4 is 4.90 Å². The fourth-order valence-corrected chi connectivity index (χ4v) is 2.53. The number of aromatic nitrogens is 2. The zero-order chi connectivity index (χ0) is 13.0. The molecule has 1 heterocycles. The lowest BCUT2D eigenvalue weighted by Gasteiger charge is -2.27. The predicted molar refractivity (Wildman–Crippen MR) is 67.6 cm³/mol. The summed E-state index contributed by atoms with van der Waals surface area (Å²) in [4.78, 5) is 10.0. The quantitative estimate of drug-likeness (QED) is 0.774. The Balaban J connectivity index is 2.28. The maximum absolute atomic E-state index is 12.6. The highest BCUT2D eigenvalue weighted by atomic mass is 35.5. The van der Waals surface area contributed by atoms with E-state index in [0.717, 1.165) is 36.9 Å². The van der Waals surface area contributed by atoms with E-state index >= 15 is 0 Å². The Morgan fingerprint density at radius 3 is 2.78 bits per heavy atom. The Morgan fingerprint density at radius 2 is 2.06 bits per heavy atom. The van der Waals surface area contributed by atoms with Crippen LogP contribution in [0.5, 0.6) is 0 Å². The molecule has 0 N–H and O–H groups in total. The maximum Gasteiger partial charge on any atom is 0.255 e. The summed E-state index contributed by atoms with van der Waals surface area (Å²) in [5, 5.41) is 0. The van der Waals surface area contributed by atoms with E-state index in [1.807, 2.05) is 0 Å². The minimum Gasteiger partial charge on any atom is -0.349 e. The Bertz CT molecular complexity index is 401. The highest BCUT2D eigenvalue weighted by Crippen LogP contribution is 2.27. The van der Waals surface area contributed by atoms with Crippen LogP contribution in [-0.2, 0) is 12.8 Å². The molecule has 0 aliphatic heterocycles. The molecule has 6 heteroatoms. The molecule has 0 saturated heterocycles. The van der Waals surface area contributed by atoms with Gasteiger partial charge in [0.15, 0.2) is 0 Å². The van der Waals surface area contributed by atoms with E-state index in [2.05, 4.69) is 9.97 Å². The van der Waals surface area contributed by atoms with Crippen molar-refractivity contribution < 1.29 is 8.78 Å². The third-order valence-electron chi connectivity index (χ3n) is 3.11. The Kier molecular flexibility index (Phi) is 4.69. The molecule has 0 saturated carbocycles. The molecule has 2 rings (SSSR count). The number of anilines is 1. The van der Waals surface area contributed by atoms with Gasteiger partial charge in [-0.05, 0) is 25.7 Å². The topological polar surface area (TPSA) is 29.0 Å². The van der Waals surface area contributed by atoms with Gasteiger partial charge < -0.3 is 4.90 Å². The van der Waals surface area contributed by atoms with E-state index in [-0.39, 0.29) is 6.54 Å².